The number of hydrogen-bond acceptors (Lipinski definition) is 6. The molecule has 0 heterocycles. The second-order valence-electron chi connectivity index (χ2n) is 9.70. The van der Waals surface area contributed by atoms with Gasteiger partial charge in [-0.2, -0.15) is 0 Å². The lowest BCUT2D eigenvalue weighted by atomic mass is 10.2. The van der Waals surface area contributed by atoms with Crippen molar-refractivity contribution in [1.29, 1.82) is 0 Å². The van der Waals surface area contributed by atoms with Crippen LogP contribution in [0, 0.1) is 0 Å². The lowest BCUT2D eigenvalue weighted by Crippen LogP contribution is -2.44. The van der Waals surface area contributed by atoms with Crippen molar-refractivity contribution in [3.8, 4) is 0 Å². The zero-order valence-corrected chi connectivity index (χ0v) is 23.6. The van der Waals surface area contributed by atoms with E-state index in [0.29, 0.717) is 52.2 Å². The molecule has 0 aromatic heterocycles. The molecule has 3 aromatic carbocycles. The first-order valence-electron chi connectivity index (χ1n) is 14.2. The summed E-state index contributed by atoms with van der Waals surface area (Å²) in [7, 11) is 0. The van der Waals surface area contributed by atoms with Gasteiger partial charge >= 0.3 is 0 Å². The van der Waals surface area contributed by atoms with E-state index in [1.165, 1.54) is 0 Å². The molecule has 0 saturated carbocycles. The number of amides is 3. The molecule has 0 spiro atoms. The Morgan fingerprint density at radius 3 is 1.39 bits per heavy atom. The standard InChI is InChI=1S/C32H42N6O3/c39-30(24-33-21-27-11-4-1-5-12-27)36-17-10-19-38(32(41)26-35-23-29-15-8-3-9-16-29)20-18-37-31(40)25-34-22-28-13-6-2-7-14-28/h1-9,11-16,33-35H,10,17-26H2,(H,36,39)(H,37,40). The van der Waals surface area contributed by atoms with Crippen molar-refractivity contribution in [2.45, 2.75) is 26.1 Å². The maximum Gasteiger partial charge on any atom is 0.236 e. The third-order valence-corrected chi connectivity index (χ3v) is 6.35. The first-order chi connectivity index (χ1) is 20.1. The Bertz CT molecular complexity index is 1160. The fourth-order valence-corrected chi connectivity index (χ4v) is 4.17. The van der Waals surface area contributed by atoms with Gasteiger partial charge in [0, 0.05) is 45.8 Å². The SMILES string of the molecule is O=C(CNCc1ccccc1)NCCCN(CCNC(=O)CNCc1ccccc1)C(=O)CNCc1ccccc1. The summed E-state index contributed by atoms with van der Waals surface area (Å²) >= 11 is 0. The minimum absolute atomic E-state index is 0.0479. The lowest BCUT2D eigenvalue weighted by Gasteiger charge is -2.23. The van der Waals surface area contributed by atoms with Gasteiger partial charge < -0.3 is 31.5 Å². The van der Waals surface area contributed by atoms with E-state index < -0.39 is 0 Å². The Kier molecular flexibility index (Phi) is 14.7. The van der Waals surface area contributed by atoms with Crippen molar-refractivity contribution < 1.29 is 14.4 Å². The highest BCUT2D eigenvalue weighted by Gasteiger charge is 2.14. The molecule has 218 valence electrons. The van der Waals surface area contributed by atoms with Crippen LogP contribution in [0.1, 0.15) is 23.1 Å². The summed E-state index contributed by atoms with van der Waals surface area (Å²) in [5, 5.41) is 15.3. The highest BCUT2D eigenvalue weighted by Crippen LogP contribution is 1.99. The Hall–Kier alpha value is -4.05. The van der Waals surface area contributed by atoms with Gasteiger partial charge in [-0.15, -0.1) is 0 Å². The number of hydrogen-bond donors (Lipinski definition) is 5. The van der Waals surface area contributed by atoms with Gasteiger partial charge in [0.25, 0.3) is 0 Å². The molecule has 0 unspecified atom stereocenters. The molecule has 0 aliphatic carbocycles. The van der Waals surface area contributed by atoms with Crippen LogP contribution in [0.25, 0.3) is 0 Å². The van der Waals surface area contributed by atoms with Crippen LogP contribution in [0.3, 0.4) is 0 Å². The number of nitrogens with one attached hydrogen (secondary N) is 5. The number of rotatable bonds is 19. The number of carbonyl (C=O) groups excluding carboxylic acids is 3. The van der Waals surface area contributed by atoms with Gasteiger partial charge in [0.05, 0.1) is 19.6 Å². The average molecular weight is 559 g/mol. The number of benzene rings is 3. The summed E-state index contributed by atoms with van der Waals surface area (Å²) in [6.07, 6.45) is 0.613. The second-order valence-corrected chi connectivity index (χ2v) is 9.70. The Morgan fingerprint density at radius 1 is 0.512 bits per heavy atom. The minimum atomic E-state index is -0.120. The quantitative estimate of drug-likeness (QED) is 0.143. The van der Waals surface area contributed by atoms with Gasteiger partial charge in [0.15, 0.2) is 0 Å². The summed E-state index contributed by atoms with van der Waals surface area (Å²) in [5.41, 5.74) is 3.33. The third kappa shape index (κ3) is 13.7. The van der Waals surface area contributed by atoms with E-state index in [4.69, 9.17) is 0 Å². The Balaban J connectivity index is 1.36. The van der Waals surface area contributed by atoms with Crippen LogP contribution in [0.15, 0.2) is 91.0 Å². The molecular weight excluding hydrogens is 516 g/mol. The molecule has 0 saturated heterocycles. The zero-order chi connectivity index (χ0) is 29.0. The lowest BCUT2D eigenvalue weighted by molar-refractivity contribution is -0.130. The summed E-state index contributed by atoms with van der Waals surface area (Å²) in [6, 6.07) is 29.7. The molecule has 41 heavy (non-hydrogen) atoms. The van der Waals surface area contributed by atoms with Crippen LogP contribution in [-0.2, 0) is 34.0 Å². The first kappa shape index (κ1) is 31.5. The van der Waals surface area contributed by atoms with Crippen molar-refractivity contribution in [1.82, 2.24) is 31.5 Å². The Labute approximate surface area is 243 Å². The van der Waals surface area contributed by atoms with E-state index >= 15 is 0 Å². The largest absolute Gasteiger partial charge is 0.355 e. The normalized spacial score (nSPS) is 10.6. The van der Waals surface area contributed by atoms with Crippen molar-refractivity contribution in [3.63, 3.8) is 0 Å². The van der Waals surface area contributed by atoms with Crippen molar-refractivity contribution in [2.75, 3.05) is 45.8 Å². The first-order valence-corrected chi connectivity index (χ1v) is 14.2. The molecule has 0 bridgehead atoms. The molecule has 0 fully saturated rings. The Morgan fingerprint density at radius 2 is 0.927 bits per heavy atom. The molecule has 9 nitrogen and oxygen atoms in total. The summed E-state index contributed by atoms with van der Waals surface area (Å²) < 4.78 is 0. The van der Waals surface area contributed by atoms with E-state index in [-0.39, 0.29) is 37.4 Å². The van der Waals surface area contributed by atoms with Crippen LogP contribution >= 0.6 is 0 Å². The average Bonchev–Trinajstić information content (AvgIpc) is 3.00. The molecule has 5 N–H and O–H groups in total. The van der Waals surface area contributed by atoms with E-state index in [9.17, 15) is 14.4 Å². The topological polar surface area (TPSA) is 115 Å². The molecule has 0 aliphatic heterocycles. The maximum absolute atomic E-state index is 13.0. The third-order valence-electron chi connectivity index (χ3n) is 6.35. The fourth-order valence-electron chi connectivity index (χ4n) is 4.17. The van der Waals surface area contributed by atoms with Gasteiger partial charge in [-0.25, -0.2) is 0 Å². The van der Waals surface area contributed by atoms with Gasteiger partial charge in [-0.05, 0) is 23.1 Å². The second kappa shape index (κ2) is 19.1. The van der Waals surface area contributed by atoms with Crippen LogP contribution in [0.5, 0.6) is 0 Å². The predicted octanol–water partition coefficient (Wildman–Crippen LogP) is 1.81. The van der Waals surface area contributed by atoms with Crippen molar-refractivity contribution >= 4 is 17.7 Å². The van der Waals surface area contributed by atoms with Gasteiger partial charge in [-0.3, -0.25) is 14.4 Å². The predicted molar refractivity (Wildman–Crippen MR) is 162 cm³/mol. The van der Waals surface area contributed by atoms with Gasteiger partial charge in [-0.1, -0.05) is 91.0 Å². The van der Waals surface area contributed by atoms with E-state index in [2.05, 4.69) is 26.6 Å². The van der Waals surface area contributed by atoms with Gasteiger partial charge in [0.2, 0.25) is 17.7 Å². The highest BCUT2D eigenvalue weighted by atomic mass is 16.2. The number of carbonyl (C=O) groups is 3. The molecule has 0 radical (unpaired) electrons. The number of nitrogens with zero attached hydrogens (tertiary/aromatic N) is 1. The highest BCUT2D eigenvalue weighted by molar-refractivity contribution is 5.79. The smallest absolute Gasteiger partial charge is 0.236 e. The molecule has 3 aromatic rings. The molecule has 0 atom stereocenters. The van der Waals surface area contributed by atoms with E-state index in [1.807, 2.05) is 91.0 Å². The maximum atomic E-state index is 13.0. The molecule has 3 amide bonds. The van der Waals surface area contributed by atoms with Crippen molar-refractivity contribution in [2.24, 2.45) is 0 Å². The molecular formula is C32H42N6O3. The molecule has 0 aliphatic rings. The zero-order valence-electron chi connectivity index (χ0n) is 23.6. The van der Waals surface area contributed by atoms with Crippen LogP contribution in [0.2, 0.25) is 0 Å². The monoisotopic (exact) mass is 558 g/mol. The van der Waals surface area contributed by atoms with Crippen LogP contribution in [0.4, 0.5) is 0 Å². The van der Waals surface area contributed by atoms with Crippen LogP contribution < -0.4 is 26.6 Å². The molecule has 9 heteroatoms. The van der Waals surface area contributed by atoms with Gasteiger partial charge in [0.1, 0.15) is 0 Å². The van der Waals surface area contributed by atoms with Crippen LogP contribution in [-0.4, -0.2) is 68.4 Å². The molecule has 3 rings (SSSR count). The fraction of sp³-hybridized carbons (Fsp3) is 0.344. The minimum Gasteiger partial charge on any atom is -0.355 e. The summed E-state index contributed by atoms with van der Waals surface area (Å²) in [6.45, 7) is 4.13. The summed E-state index contributed by atoms with van der Waals surface area (Å²) in [4.78, 5) is 39.2. The summed E-state index contributed by atoms with van der Waals surface area (Å²) in [5.74, 6) is -0.252. The van der Waals surface area contributed by atoms with Crippen molar-refractivity contribution in [3.05, 3.63) is 108 Å². The van der Waals surface area contributed by atoms with E-state index in [1.54, 1.807) is 4.90 Å². The van der Waals surface area contributed by atoms with E-state index in [0.717, 1.165) is 16.7 Å².